The van der Waals surface area contributed by atoms with E-state index in [2.05, 4.69) is 60.4 Å². The van der Waals surface area contributed by atoms with Crippen molar-refractivity contribution >= 4 is 17.1 Å². The Hall–Kier alpha value is -1.09. The molecular weight excluding hydrogens is 448 g/mol. The minimum absolute atomic E-state index is 0.0864. The summed E-state index contributed by atoms with van der Waals surface area (Å²) in [4.78, 5) is 27.3. The molecule has 2 N–H and O–H groups in total. The summed E-state index contributed by atoms with van der Waals surface area (Å²) in [5.74, 6) is 0. The molecule has 1 aromatic heterocycles. The van der Waals surface area contributed by atoms with Gasteiger partial charge in [-0.1, -0.05) is 55.4 Å². The van der Waals surface area contributed by atoms with Gasteiger partial charge in [0.2, 0.25) is 0 Å². The molecule has 0 bridgehead atoms. The first-order chi connectivity index (χ1) is 14.9. The fraction of sp³-hybridized carbons (Fsp3) is 0.810. The highest BCUT2D eigenvalue weighted by Gasteiger charge is 2.61. The zero-order valence-corrected chi connectivity index (χ0v) is 22.3. The van der Waals surface area contributed by atoms with Gasteiger partial charge in [-0.25, -0.2) is 9.36 Å². The van der Waals surface area contributed by atoms with E-state index < -0.39 is 52.9 Å². The molecule has 9 nitrogen and oxygen atoms in total. The normalized spacial score (nSPS) is 30.0. The van der Waals surface area contributed by atoms with Crippen LogP contribution < -0.4 is 11.2 Å². The Bertz CT molecular complexity index is 870. The van der Waals surface area contributed by atoms with Crippen LogP contribution in [0.4, 0.5) is 0 Å². The minimum atomic E-state index is -2.94. The molecule has 0 aliphatic carbocycles. The van der Waals surface area contributed by atoms with E-state index >= 15 is 0 Å². The number of nitrogens with zero attached hydrogens (tertiary/aromatic N) is 1. The van der Waals surface area contributed by atoms with Gasteiger partial charge in [0.15, 0.2) is 6.23 Å². The molecular formula is C21H38N2O7Si2. The first-order valence-electron chi connectivity index (χ1n) is 11.5. The molecule has 0 amide bonds. The number of fused-ring (bicyclic) bond motifs is 1. The van der Waals surface area contributed by atoms with Gasteiger partial charge in [-0.2, -0.15) is 0 Å². The van der Waals surface area contributed by atoms with E-state index in [0.717, 1.165) is 4.57 Å². The molecule has 1 aromatic rings. The van der Waals surface area contributed by atoms with Crippen molar-refractivity contribution in [3.05, 3.63) is 33.1 Å². The number of aromatic amines is 1. The molecule has 2 fully saturated rings. The van der Waals surface area contributed by atoms with Crippen LogP contribution in [-0.2, 0) is 17.7 Å². The van der Waals surface area contributed by atoms with Crippen LogP contribution in [0.15, 0.2) is 21.9 Å². The summed E-state index contributed by atoms with van der Waals surface area (Å²) in [7, 11) is -5.69. The first-order valence-corrected chi connectivity index (χ1v) is 15.5. The Morgan fingerprint density at radius 2 is 1.56 bits per heavy atom. The van der Waals surface area contributed by atoms with Gasteiger partial charge in [-0.05, 0) is 22.2 Å². The number of H-pyrrole nitrogens is 1. The number of hydrogen-bond acceptors (Lipinski definition) is 7. The predicted molar refractivity (Wildman–Crippen MR) is 125 cm³/mol. The van der Waals surface area contributed by atoms with Crippen molar-refractivity contribution in [1.82, 2.24) is 9.55 Å². The summed E-state index contributed by atoms with van der Waals surface area (Å²) in [5, 5.41) is 11.2. The Balaban J connectivity index is 2.11. The highest BCUT2D eigenvalue weighted by molar-refractivity contribution is 6.83. The zero-order valence-electron chi connectivity index (χ0n) is 20.3. The quantitative estimate of drug-likeness (QED) is 0.616. The van der Waals surface area contributed by atoms with Crippen molar-refractivity contribution in [2.24, 2.45) is 0 Å². The molecule has 0 radical (unpaired) electrons. The monoisotopic (exact) mass is 486 g/mol. The summed E-state index contributed by atoms with van der Waals surface area (Å²) in [6, 6.07) is 1.23. The van der Waals surface area contributed by atoms with Crippen molar-refractivity contribution in [1.29, 1.82) is 0 Å². The van der Waals surface area contributed by atoms with E-state index in [0.29, 0.717) is 0 Å². The molecule has 0 saturated carbocycles. The largest absolute Gasteiger partial charge is 0.414 e. The lowest BCUT2D eigenvalue weighted by Gasteiger charge is -2.51. The molecule has 11 heteroatoms. The molecule has 32 heavy (non-hydrogen) atoms. The van der Waals surface area contributed by atoms with Crippen LogP contribution >= 0.6 is 0 Å². The molecule has 182 valence electrons. The molecule has 2 aliphatic rings. The first kappa shape index (κ1) is 25.5. The number of ether oxygens (including phenoxy) is 1. The van der Waals surface area contributed by atoms with E-state index in [9.17, 15) is 14.7 Å². The summed E-state index contributed by atoms with van der Waals surface area (Å²) >= 11 is 0. The fourth-order valence-electron chi connectivity index (χ4n) is 5.03. The van der Waals surface area contributed by atoms with Gasteiger partial charge in [0.1, 0.15) is 18.3 Å². The molecule has 2 saturated heterocycles. The second-order valence-corrected chi connectivity index (χ2v) is 18.9. The standard InChI is InChI=1S/C21H38N2O7Si2/c1-12(2)31(13(3)4)27-11-16-19(29-32(30-31,14(5)6)15(7)8)18(25)20(28-16)23-17(24)9-10-22-21(23)26/h9-10,12-16,18-20,25H,11H2,1-8H3,(H,22,26)/t16-,18+,19-,20-/m1/s1. The number of aromatic nitrogens is 2. The highest BCUT2D eigenvalue weighted by atomic mass is 28.5. The molecule has 2 aliphatic heterocycles. The molecule has 3 heterocycles. The maximum Gasteiger partial charge on any atom is 0.335 e. The third-order valence-corrected chi connectivity index (χ3v) is 17.0. The van der Waals surface area contributed by atoms with E-state index in [4.69, 9.17) is 17.7 Å². The topological polar surface area (TPSA) is 112 Å². The summed E-state index contributed by atoms with van der Waals surface area (Å²) < 4.78 is 27.5. The van der Waals surface area contributed by atoms with Crippen LogP contribution in [0.1, 0.15) is 61.6 Å². The van der Waals surface area contributed by atoms with Gasteiger partial charge in [-0.15, -0.1) is 0 Å². The average Bonchev–Trinajstić information content (AvgIpc) is 2.96. The summed E-state index contributed by atoms with van der Waals surface area (Å²) in [6.45, 7) is 17.0. The minimum Gasteiger partial charge on any atom is -0.414 e. The van der Waals surface area contributed by atoms with E-state index in [1.807, 2.05) is 0 Å². The van der Waals surface area contributed by atoms with Crippen molar-refractivity contribution in [3.63, 3.8) is 0 Å². The van der Waals surface area contributed by atoms with Gasteiger partial charge in [-0.3, -0.25) is 4.79 Å². The van der Waals surface area contributed by atoms with Gasteiger partial charge >= 0.3 is 22.8 Å². The summed E-state index contributed by atoms with van der Waals surface area (Å²) in [5.41, 5.74) is -0.667. The van der Waals surface area contributed by atoms with Crippen molar-refractivity contribution in [2.45, 2.75) is 102 Å². The van der Waals surface area contributed by atoms with Crippen LogP contribution in [-0.4, -0.2) is 56.7 Å². The van der Waals surface area contributed by atoms with E-state index in [1.54, 1.807) is 0 Å². The van der Waals surface area contributed by atoms with Crippen LogP contribution in [0, 0.1) is 0 Å². The van der Waals surface area contributed by atoms with Gasteiger partial charge in [0, 0.05) is 12.3 Å². The fourth-order valence-corrected chi connectivity index (χ4v) is 16.2. The molecule has 3 rings (SSSR count). The number of rotatable bonds is 5. The Morgan fingerprint density at radius 1 is 1.00 bits per heavy atom. The third kappa shape index (κ3) is 4.12. The van der Waals surface area contributed by atoms with Crippen LogP contribution in [0.25, 0.3) is 0 Å². The van der Waals surface area contributed by atoms with Crippen LogP contribution in [0.3, 0.4) is 0 Å². The third-order valence-electron chi connectivity index (χ3n) is 6.78. The lowest BCUT2D eigenvalue weighted by Crippen LogP contribution is -2.65. The Morgan fingerprint density at radius 3 is 2.06 bits per heavy atom. The SMILES string of the molecule is CC(C)[Si]1(C(C)C)OC[C@H]2O[C@@H](n3c(=O)cc[nH]c3=O)[C@@H](O)[C@@H]2O[Si](C(C)C)(C(C)C)O1. The Kier molecular flexibility index (Phi) is 7.40. The molecule has 0 spiro atoms. The molecule has 0 unspecified atom stereocenters. The highest BCUT2D eigenvalue weighted by Crippen LogP contribution is 2.48. The van der Waals surface area contributed by atoms with Crippen molar-refractivity contribution in [2.75, 3.05) is 6.61 Å². The van der Waals surface area contributed by atoms with Gasteiger partial charge in [0.25, 0.3) is 5.56 Å². The van der Waals surface area contributed by atoms with Crippen molar-refractivity contribution < 1.29 is 22.8 Å². The second kappa shape index (κ2) is 9.28. The number of nitrogens with one attached hydrogen (secondary N) is 1. The van der Waals surface area contributed by atoms with Crippen LogP contribution in [0.2, 0.25) is 22.2 Å². The predicted octanol–water partition coefficient (Wildman–Crippen LogP) is 2.75. The van der Waals surface area contributed by atoms with E-state index in [-0.39, 0.29) is 28.8 Å². The Labute approximate surface area is 191 Å². The lowest BCUT2D eigenvalue weighted by atomic mass is 10.1. The second-order valence-electron chi connectivity index (χ2n) is 10.1. The lowest BCUT2D eigenvalue weighted by molar-refractivity contribution is -0.0612. The smallest absolute Gasteiger partial charge is 0.335 e. The zero-order chi connectivity index (χ0) is 24.0. The maximum atomic E-state index is 12.4. The number of aliphatic hydroxyl groups is 1. The molecule has 4 atom stereocenters. The summed E-state index contributed by atoms with van der Waals surface area (Å²) in [6.07, 6.45) is -2.50. The van der Waals surface area contributed by atoms with Gasteiger partial charge < -0.3 is 27.8 Å². The number of aliphatic hydroxyl groups excluding tert-OH is 1. The average molecular weight is 487 g/mol. The molecule has 0 aromatic carbocycles. The van der Waals surface area contributed by atoms with Crippen molar-refractivity contribution in [3.8, 4) is 0 Å². The van der Waals surface area contributed by atoms with Gasteiger partial charge in [0.05, 0.1) is 6.61 Å². The van der Waals surface area contributed by atoms with E-state index in [1.165, 1.54) is 12.3 Å². The number of hydrogen-bond donors (Lipinski definition) is 2. The van der Waals surface area contributed by atoms with Crippen LogP contribution in [0.5, 0.6) is 0 Å². The maximum absolute atomic E-state index is 12.4.